The van der Waals surface area contributed by atoms with Gasteiger partial charge in [-0.3, -0.25) is 0 Å². The quantitative estimate of drug-likeness (QED) is 0.323. The molecular weight excluding hydrogens is 482 g/mol. The van der Waals surface area contributed by atoms with Gasteiger partial charge in [-0.1, -0.05) is 34.6 Å². The van der Waals surface area contributed by atoms with Crippen LogP contribution in [0.15, 0.2) is 47.4 Å². The first kappa shape index (κ1) is 28.9. The predicted octanol–water partition coefficient (Wildman–Crippen LogP) is 7.07. The highest BCUT2D eigenvalue weighted by atomic mass is 32.2. The van der Waals surface area contributed by atoms with Crippen molar-refractivity contribution in [1.29, 1.82) is 0 Å². The molecule has 2 N–H and O–H groups in total. The Bertz CT molecular complexity index is 1150. The fourth-order valence-corrected chi connectivity index (χ4v) is 5.20. The molecule has 1 aromatic heterocycles. The number of amides is 2. The predicted molar refractivity (Wildman–Crippen MR) is 157 cm³/mol. The first-order valence-corrected chi connectivity index (χ1v) is 14.2. The zero-order chi connectivity index (χ0) is 27.0. The first-order chi connectivity index (χ1) is 17.7. The summed E-state index contributed by atoms with van der Waals surface area (Å²) < 4.78 is 10.2. The summed E-state index contributed by atoms with van der Waals surface area (Å²) in [5.74, 6) is 1.77. The van der Waals surface area contributed by atoms with E-state index in [2.05, 4.69) is 65.5 Å². The van der Waals surface area contributed by atoms with Gasteiger partial charge in [0.05, 0.1) is 11.0 Å². The lowest BCUT2D eigenvalue weighted by molar-refractivity contribution is 0.0611. The monoisotopic (exact) mass is 525 g/mol. The Kier molecular flexibility index (Phi) is 10.3. The summed E-state index contributed by atoms with van der Waals surface area (Å²) in [5, 5.41) is 5.57. The summed E-state index contributed by atoms with van der Waals surface area (Å²) in [5.41, 5.74) is 4.07. The second kappa shape index (κ2) is 13.2. The lowest BCUT2D eigenvalue weighted by atomic mass is 9.94. The summed E-state index contributed by atoms with van der Waals surface area (Å²) >= 11 is 1.64. The molecule has 2 aromatic carbocycles. The van der Waals surface area contributed by atoms with E-state index in [0.717, 1.165) is 60.2 Å². The molecule has 7 nitrogen and oxygen atoms in total. The SMILES string of the molecule is CC.CCNC(=O)Nc1ccc(SN(C)c2ccc3c(c2)nc(C(C)(C)C)n3CC2CCOCC2)cc1. The van der Waals surface area contributed by atoms with Gasteiger partial charge in [0.1, 0.15) is 5.82 Å². The number of fused-ring (bicyclic) bond motifs is 1. The molecule has 8 heteroatoms. The molecule has 202 valence electrons. The number of nitrogens with one attached hydrogen (secondary N) is 2. The Morgan fingerprint density at radius 1 is 1.14 bits per heavy atom. The lowest BCUT2D eigenvalue weighted by Gasteiger charge is -2.26. The molecule has 2 heterocycles. The molecule has 0 bridgehead atoms. The van der Waals surface area contributed by atoms with E-state index in [1.165, 1.54) is 5.52 Å². The number of carbonyl (C=O) groups excluding carboxylic acids is 1. The smallest absolute Gasteiger partial charge is 0.319 e. The molecule has 1 aliphatic heterocycles. The summed E-state index contributed by atoms with van der Waals surface area (Å²) in [6.07, 6.45) is 2.22. The van der Waals surface area contributed by atoms with Crippen molar-refractivity contribution >= 4 is 40.4 Å². The standard InChI is InChI=1S/C27H37N5O2S.C2H6/c1-6-28-26(33)29-20-7-10-22(11-8-20)35-31(5)21-9-12-24-23(17-21)30-25(27(2,3)4)32(24)18-19-13-15-34-16-14-19;1-2/h7-12,17,19H,6,13-16,18H2,1-5H3,(H2,28,29,33);1-2H3. The van der Waals surface area contributed by atoms with Gasteiger partial charge in [0.2, 0.25) is 0 Å². The summed E-state index contributed by atoms with van der Waals surface area (Å²) in [6, 6.07) is 14.2. The Labute approximate surface area is 226 Å². The van der Waals surface area contributed by atoms with Crippen LogP contribution in [0.25, 0.3) is 11.0 Å². The molecule has 1 aliphatic rings. The fraction of sp³-hybridized carbons (Fsp3) is 0.517. The van der Waals surface area contributed by atoms with Gasteiger partial charge in [-0.25, -0.2) is 9.78 Å². The van der Waals surface area contributed by atoms with Crippen LogP contribution in [-0.4, -0.2) is 42.4 Å². The van der Waals surface area contributed by atoms with Crippen molar-refractivity contribution in [3.05, 3.63) is 48.3 Å². The molecule has 0 atom stereocenters. The topological polar surface area (TPSA) is 71.4 Å². The zero-order valence-electron chi connectivity index (χ0n) is 23.4. The number of hydrogen-bond donors (Lipinski definition) is 2. The highest BCUT2D eigenvalue weighted by Crippen LogP contribution is 2.33. The van der Waals surface area contributed by atoms with Gasteiger partial charge in [0.15, 0.2) is 0 Å². The van der Waals surface area contributed by atoms with E-state index in [4.69, 9.17) is 9.72 Å². The molecule has 0 saturated carbocycles. The van der Waals surface area contributed by atoms with E-state index < -0.39 is 0 Å². The maximum atomic E-state index is 11.7. The largest absolute Gasteiger partial charge is 0.381 e. The van der Waals surface area contributed by atoms with E-state index in [1.54, 1.807) is 11.9 Å². The van der Waals surface area contributed by atoms with E-state index in [-0.39, 0.29) is 11.4 Å². The van der Waals surface area contributed by atoms with Crippen LogP contribution in [-0.2, 0) is 16.7 Å². The van der Waals surface area contributed by atoms with Crippen molar-refractivity contribution in [2.45, 2.75) is 71.2 Å². The molecule has 1 saturated heterocycles. The number of ether oxygens (including phenoxy) is 1. The summed E-state index contributed by atoms with van der Waals surface area (Å²) in [7, 11) is 2.07. The van der Waals surface area contributed by atoms with Gasteiger partial charge in [0.25, 0.3) is 0 Å². The Morgan fingerprint density at radius 2 is 1.81 bits per heavy atom. The second-order valence-electron chi connectivity index (χ2n) is 10.1. The van der Waals surface area contributed by atoms with Crippen molar-refractivity contribution in [1.82, 2.24) is 14.9 Å². The van der Waals surface area contributed by atoms with Crippen molar-refractivity contribution < 1.29 is 9.53 Å². The third-order valence-corrected chi connectivity index (χ3v) is 7.21. The third kappa shape index (κ3) is 7.65. The number of anilines is 2. The number of hydrogen-bond acceptors (Lipinski definition) is 5. The van der Waals surface area contributed by atoms with Gasteiger partial charge in [-0.15, -0.1) is 0 Å². The molecule has 0 radical (unpaired) electrons. The van der Waals surface area contributed by atoms with Gasteiger partial charge >= 0.3 is 6.03 Å². The van der Waals surface area contributed by atoms with E-state index in [0.29, 0.717) is 12.5 Å². The zero-order valence-corrected chi connectivity index (χ0v) is 24.2. The van der Waals surface area contributed by atoms with Crippen LogP contribution in [0.4, 0.5) is 16.2 Å². The van der Waals surface area contributed by atoms with Crippen LogP contribution in [0, 0.1) is 5.92 Å². The fourth-order valence-electron chi connectivity index (χ4n) is 4.40. The van der Waals surface area contributed by atoms with Crippen LogP contribution < -0.4 is 14.9 Å². The van der Waals surface area contributed by atoms with Crippen LogP contribution in [0.5, 0.6) is 0 Å². The maximum Gasteiger partial charge on any atom is 0.319 e. The summed E-state index contributed by atoms with van der Waals surface area (Å²) in [4.78, 5) is 17.9. The van der Waals surface area contributed by atoms with Crippen molar-refractivity contribution in [2.75, 3.05) is 36.4 Å². The minimum atomic E-state index is -0.191. The van der Waals surface area contributed by atoms with Crippen molar-refractivity contribution in [3.63, 3.8) is 0 Å². The molecule has 0 spiro atoms. The first-order valence-electron chi connectivity index (χ1n) is 13.4. The highest BCUT2D eigenvalue weighted by Gasteiger charge is 2.25. The molecule has 0 aliphatic carbocycles. The number of rotatable bonds is 7. The Balaban J connectivity index is 0.00000186. The normalized spacial score (nSPS) is 14.1. The number of benzene rings is 2. The molecule has 37 heavy (non-hydrogen) atoms. The second-order valence-corrected chi connectivity index (χ2v) is 11.3. The van der Waals surface area contributed by atoms with Gasteiger partial charge < -0.3 is 24.2 Å². The van der Waals surface area contributed by atoms with E-state index >= 15 is 0 Å². The van der Waals surface area contributed by atoms with Gasteiger partial charge in [-0.2, -0.15) is 0 Å². The van der Waals surface area contributed by atoms with Crippen molar-refractivity contribution in [3.8, 4) is 0 Å². The average molecular weight is 526 g/mol. The number of carbonyl (C=O) groups is 1. The minimum absolute atomic E-state index is 0.0329. The number of urea groups is 1. The number of nitrogens with zero attached hydrogens (tertiary/aromatic N) is 3. The maximum absolute atomic E-state index is 11.7. The number of imidazole rings is 1. The molecule has 0 unspecified atom stereocenters. The molecule has 1 fully saturated rings. The highest BCUT2D eigenvalue weighted by molar-refractivity contribution is 8.00. The number of aromatic nitrogens is 2. The molecule has 4 rings (SSSR count). The van der Waals surface area contributed by atoms with Crippen LogP contribution >= 0.6 is 11.9 Å². The lowest BCUT2D eigenvalue weighted by Crippen LogP contribution is -2.28. The van der Waals surface area contributed by atoms with Crippen LogP contribution in [0.1, 0.15) is 60.2 Å². The Morgan fingerprint density at radius 3 is 2.43 bits per heavy atom. The van der Waals surface area contributed by atoms with Gasteiger partial charge in [-0.05, 0) is 80.1 Å². The Hall–Kier alpha value is -2.71. The molecule has 3 aromatic rings. The molecule has 2 amide bonds. The average Bonchev–Trinajstić information content (AvgIpc) is 3.25. The molecular formula is C29H43N5O2S. The van der Waals surface area contributed by atoms with Crippen LogP contribution in [0.2, 0.25) is 0 Å². The van der Waals surface area contributed by atoms with Crippen molar-refractivity contribution in [2.24, 2.45) is 5.92 Å². The van der Waals surface area contributed by atoms with Crippen LogP contribution in [0.3, 0.4) is 0 Å². The summed E-state index contributed by atoms with van der Waals surface area (Å²) in [6.45, 7) is 15.9. The van der Waals surface area contributed by atoms with E-state index in [9.17, 15) is 4.79 Å². The van der Waals surface area contributed by atoms with E-state index in [1.807, 2.05) is 45.0 Å². The van der Waals surface area contributed by atoms with Gasteiger partial charge in [0, 0.05) is 55.0 Å². The third-order valence-electron chi connectivity index (χ3n) is 6.24. The minimum Gasteiger partial charge on any atom is -0.381 e.